The van der Waals surface area contributed by atoms with E-state index < -0.39 is 0 Å². The molecule has 82 valence electrons. The highest BCUT2D eigenvalue weighted by molar-refractivity contribution is 5.66. The van der Waals surface area contributed by atoms with Crippen molar-refractivity contribution in [2.75, 3.05) is 0 Å². The minimum Gasteiger partial charge on any atom is -0.460 e. The lowest BCUT2D eigenvalue weighted by Crippen LogP contribution is -2.29. The Morgan fingerprint density at radius 3 is 2.29 bits per heavy atom. The van der Waals surface area contributed by atoms with Crippen LogP contribution in [-0.4, -0.2) is 11.6 Å². The van der Waals surface area contributed by atoms with Crippen LogP contribution in [0.25, 0.3) is 0 Å². The number of carbonyl (C=O) groups excluding carboxylic acids is 1. The van der Waals surface area contributed by atoms with Crippen molar-refractivity contribution < 1.29 is 9.53 Å². The van der Waals surface area contributed by atoms with Crippen molar-refractivity contribution in [1.29, 1.82) is 0 Å². The Hall–Kier alpha value is -0.790. The largest absolute Gasteiger partial charge is 0.460 e. The summed E-state index contributed by atoms with van der Waals surface area (Å²) in [5, 5.41) is 0. The number of hydrogen-bond acceptors (Lipinski definition) is 2. The summed E-state index contributed by atoms with van der Waals surface area (Å²) in [5.41, 5.74) is 1.02. The van der Waals surface area contributed by atoms with E-state index in [0.717, 1.165) is 19.3 Å². The fourth-order valence-electron chi connectivity index (χ4n) is 1.31. The van der Waals surface area contributed by atoms with Gasteiger partial charge in [0.2, 0.25) is 0 Å². The van der Waals surface area contributed by atoms with Gasteiger partial charge >= 0.3 is 5.97 Å². The van der Waals surface area contributed by atoms with Gasteiger partial charge in [0.1, 0.15) is 5.60 Å². The molecule has 0 aromatic heterocycles. The van der Waals surface area contributed by atoms with E-state index in [4.69, 9.17) is 4.74 Å². The third-order valence-corrected chi connectivity index (χ3v) is 2.36. The highest BCUT2D eigenvalue weighted by atomic mass is 16.6. The molecule has 0 aliphatic rings. The molecule has 2 nitrogen and oxygen atoms in total. The minimum atomic E-state index is -0.294. The molecule has 0 fully saturated rings. The first-order valence-electron chi connectivity index (χ1n) is 5.22. The summed E-state index contributed by atoms with van der Waals surface area (Å²) in [6.07, 6.45) is 4.91. The lowest BCUT2D eigenvalue weighted by Gasteiger charge is -2.27. The Balaban J connectivity index is 4.12. The second-order valence-electron chi connectivity index (χ2n) is 4.22. The summed E-state index contributed by atoms with van der Waals surface area (Å²) in [6, 6.07) is 0. The van der Waals surface area contributed by atoms with E-state index in [2.05, 4.69) is 19.9 Å². The van der Waals surface area contributed by atoms with Gasteiger partial charge in [-0.15, -0.1) is 0 Å². The Bertz CT molecular complexity index is 214. The van der Waals surface area contributed by atoms with Gasteiger partial charge in [-0.1, -0.05) is 18.6 Å². The van der Waals surface area contributed by atoms with Crippen LogP contribution in [0.4, 0.5) is 0 Å². The Morgan fingerprint density at radius 1 is 1.36 bits per heavy atom. The smallest absolute Gasteiger partial charge is 0.303 e. The third kappa shape index (κ3) is 5.79. The van der Waals surface area contributed by atoms with Gasteiger partial charge in [-0.25, -0.2) is 0 Å². The highest BCUT2D eigenvalue weighted by Gasteiger charge is 2.24. The van der Waals surface area contributed by atoms with Crippen molar-refractivity contribution in [2.45, 2.75) is 59.5 Å². The van der Waals surface area contributed by atoms with E-state index in [1.54, 1.807) is 0 Å². The summed E-state index contributed by atoms with van der Waals surface area (Å²) < 4.78 is 5.30. The van der Waals surface area contributed by atoms with E-state index in [1.165, 1.54) is 12.5 Å². The number of allylic oxidation sites excluding steroid dienone is 2. The lowest BCUT2D eigenvalue weighted by molar-refractivity contribution is -0.156. The van der Waals surface area contributed by atoms with Gasteiger partial charge in [0, 0.05) is 6.92 Å². The Kier molecular flexibility index (Phi) is 5.51. The van der Waals surface area contributed by atoms with Gasteiger partial charge in [-0.2, -0.15) is 0 Å². The van der Waals surface area contributed by atoms with Gasteiger partial charge in [-0.05, 0) is 40.0 Å². The zero-order valence-electron chi connectivity index (χ0n) is 10.0. The Labute approximate surface area is 87.3 Å². The molecule has 0 saturated carbocycles. The standard InChI is InChI=1S/C12H22O2/c1-6-12(5,14-11(4)13)9-7-8-10(2)3/h8H,6-7,9H2,1-5H3/t12-/m0/s1. The van der Waals surface area contributed by atoms with Crippen LogP contribution in [0.2, 0.25) is 0 Å². The second-order valence-corrected chi connectivity index (χ2v) is 4.22. The average Bonchev–Trinajstić information content (AvgIpc) is 2.02. The molecular formula is C12H22O2. The van der Waals surface area contributed by atoms with Crippen LogP contribution in [0.15, 0.2) is 11.6 Å². The van der Waals surface area contributed by atoms with E-state index in [9.17, 15) is 4.79 Å². The van der Waals surface area contributed by atoms with Crippen LogP contribution in [0, 0.1) is 0 Å². The van der Waals surface area contributed by atoms with E-state index in [1.807, 2.05) is 13.8 Å². The molecule has 0 unspecified atom stereocenters. The minimum absolute atomic E-state index is 0.188. The van der Waals surface area contributed by atoms with Crippen LogP contribution in [0.1, 0.15) is 53.9 Å². The van der Waals surface area contributed by atoms with Crippen LogP contribution < -0.4 is 0 Å². The maximum Gasteiger partial charge on any atom is 0.303 e. The zero-order valence-corrected chi connectivity index (χ0v) is 10.0. The molecule has 0 aromatic rings. The number of carbonyl (C=O) groups is 1. The SMILES string of the molecule is CC[C@@](C)(CCC=C(C)C)OC(C)=O. The van der Waals surface area contributed by atoms with Crippen molar-refractivity contribution >= 4 is 5.97 Å². The lowest BCUT2D eigenvalue weighted by atomic mass is 9.96. The van der Waals surface area contributed by atoms with Crippen molar-refractivity contribution in [3.8, 4) is 0 Å². The van der Waals surface area contributed by atoms with Gasteiger partial charge in [0.15, 0.2) is 0 Å². The number of esters is 1. The van der Waals surface area contributed by atoms with Crippen molar-refractivity contribution in [2.24, 2.45) is 0 Å². The topological polar surface area (TPSA) is 26.3 Å². The summed E-state index contributed by atoms with van der Waals surface area (Å²) in [6.45, 7) is 9.66. The van der Waals surface area contributed by atoms with Crippen LogP contribution in [0.5, 0.6) is 0 Å². The van der Waals surface area contributed by atoms with Crippen LogP contribution >= 0.6 is 0 Å². The average molecular weight is 198 g/mol. The number of hydrogen-bond donors (Lipinski definition) is 0. The molecule has 0 aliphatic carbocycles. The molecule has 0 N–H and O–H groups in total. The summed E-state index contributed by atoms with van der Waals surface area (Å²) >= 11 is 0. The normalized spacial score (nSPS) is 14.4. The molecule has 0 amide bonds. The Morgan fingerprint density at radius 2 is 1.93 bits per heavy atom. The number of rotatable bonds is 5. The number of ether oxygens (including phenoxy) is 1. The van der Waals surface area contributed by atoms with Gasteiger partial charge < -0.3 is 4.74 Å². The van der Waals surface area contributed by atoms with Gasteiger partial charge in [0.25, 0.3) is 0 Å². The van der Waals surface area contributed by atoms with Gasteiger partial charge in [-0.3, -0.25) is 4.79 Å². The first-order valence-corrected chi connectivity index (χ1v) is 5.22. The first-order chi connectivity index (χ1) is 6.39. The maximum absolute atomic E-state index is 10.9. The quantitative estimate of drug-likeness (QED) is 0.499. The predicted molar refractivity (Wildman–Crippen MR) is 59.1 cm³/mol. The highest BCUT2D eigenvalue weighted by Crippen LogP contribution is 2.22. The molecule has 0 heterocycles. The molecule has 0 spiro atoms. The first kappa shape index (κ1) is 13.2. The van der Waals surface area contributed by atoms with Crippen molar-refractivity contribution in [1.82, 2.24) is 0 Å². The molecule has 0 rings (SSSR count). The van der Waals surface area contributed by atoms with E-state index in [0.29, 0.717) is 0 Å². The third-order valence-electron chi connectivity index (χ3n) is 2.36. The zero-order chi connectivity index (χ0) is 11.2. The van der Waals surface area contributed by atoms with E-state index >= 15 is 0 Å². The predicted octanol–water partition coefficient (Wildman–Crippen LogP) is 3.46. The fraction of sp³-hybridized carbons (Fsp3) is 0.750. The molecule has 0 radical (unpaired) electrons. The summed E-state index contributed by atoms with van der Waals surface area (Å²) in [7, 11) is 0. The molecule has 0 aliphatic heterocycles. The van der Waals surface area contributed by atoms with Crippen LogP contribution in [-0.2, 0) is 9.53 Å². The second kappa shape index (κ2) is 5.84. The molecule has 0 saturated heterocycles. The molecular weight excluding hydrogens is 176 g/mol. The molecule has 2 heteroatoms. The monoisotopic (exact) mass is 198 g/mol. The molecule has 0 aromatic carbocycles. The van der Waals surface area contributed by atoms with Crippen molar-refractivity contribution in [3.63, 3.8) is 0 Å². The van der Waals surface area contributed by atoms with Crippen LogP contribution in [0.3, 0.4) is 0 Å². The fourth-order valence-corrected chi connectivity index (χ4v) is 1.31. The van der Waals surface area contributed by atoms with Crippen molar-refractivity contribution in [3.05, 3.63) is 11.6 Å². The molecule has 0 bridgehead atoms. The van der Waals surface area contributed by atoms with Gasteiger partial charge in [0.05, 0.1) is 0 Å². The summed E-state index contributed by atoms with van der Waals surface area (Å²) in [5.74, 6) is -0.188. The molecule has 1 atom stereocenters. The molecule has 14 heavy (non-hydrogen) atoms. The van der Waals surface area contributed by atoms with E-state index in [-0.39, 0.29) is 11.6 Å². The summed E-state index contributed by atoms with van der Waals surface area (Å²) in [4.78, 5) is 10.9. The maximum atomic E-state index is 10.9.